The fraction of sp³-hybridized carbons (Fsp3) is 0.500. The minimum Gasteiger partial charge on any atom is -0.495 e. The van der Waals surface area contributed by atoms with Crippen LogP contribution >= 0.6 is 11.6 Å². The first-order valence-corrected chi connectivity index (χ1v) is 5.79. The highest BCUT2D eigenvalue weighted by molar-refractivity contribution is 6.32. The molecule has 4 heteroatoms. The van der Waals surface area contributed by atoms with E-state index >= 15 is 0 Å². The van der Waals surface area contributed by atoms with Gasteiger partial charge in [0.25, 0.3) is 0 Å². The van der Waals surface area contributed by atoms with E-state index in [1.807, 2.05) is 18.2 Å². The van der Waals surface area contributed by atoms with Gasteiger partial charge in [-0.25, -0.2) is 0 Å². The van der Waals surface area contributed by atoms with Gasteiger partial charge in [-0.15, -0.1) is 0 Å². The molecule has 2 N–H and O–H groups in total. The molecule has 0 saturated heterocycles. The Kier molecular flexibility index (Phi) is 6.23. The monoisotopic (exact) mass is 243 g/mol. The van der Waals surface area contributed by atoms with Gasteiger partial charge in [0.15, 0.2) is 0 Å². The molecule has 0 saturated carbocycles. The zero-order valence-electron chi connectivity index (χ0n) is 9.50. The van der Waals surface area contributed by atoms with Crippen molar-refractivity contribution in [3.05, 3.63) is 28.8 Å². The van der Waals surface area contributed by atoms with E-state index in [9.17, 15) is 0 Å². The Morgan fingerprint density at radius 1 is 1.38 bits per heavy atom. The van der Waals surface area contributed by atoms with Gasteiger partial charge in [-0.05, 0) is 43.6 Å². The number of hydrogen-bond donors (Lipinski definition) is 2. The molecular weight excluding hydrogens is 226 g/mol. The van der Waals surface area contributed by atoms with Gasteiger partial charge in [-0.3, -0.25) is 0 Å². The quantitative estimate of drug-likeness (QED) is 0.719. The molecule has 0 radical (unpaired) electrons. The number of nitrogens with one attached hydrogen (secondary N) is 1. The predicted molar refractivity (Wildman–Crippen MR) is 66.3 cm³/mol. The zero-order chi connectivity index (χ0) is 11.8. The lowest BCUT2D eigenvalue weighted by Gasteiger charge is -2.07. The van der Waals surface area contributed by atoms with Crippen LogP contribution in [0.4, 0.5) is 0 Å². The highest BCUT2D eigenvalue weighted by Gasteiger charge is 2.01. The molecule has 0 heterocycles. The summed E-state index contributed by atoms with van der Waals surface area (Å²) in [5.74, 6) is 0.707. The molecule has 1 aromatic carbocycles. The smallest absolute Gasteiger partial charge is 0.137 e. The Labute approximate surface area is 101 Å². The number of aliphatic hydroxyl groups excluding tert-OH is 1. The first kappa shape index (κ1) is 13.3. The second-order valence-corrected chi connectivity index (χ2v) is 3.95. The van der Waals surface area contributed by atoms with Crippen LogP contribution in [-0.4, -0.2) is 31.9 Å². The van der Waals surface area contributed by atoms with Gasteiger partial charge < -0.3 is 15.2 Å². The molecule has 0 unspecified atom stereocenters. The van der Waals surface area contributed by atoms with Gasteiger partial charge in [-0.1, -0.05) is 17.7 Å². The minimum absolute atomic E-state index is 0.237. The number of benzene rings is 1. The van der Waals surface area contributed by atoms with Crippen molar-refractivity contribution in [2.75, 3.05) is 26.8 Å². The Morgan fingerprint density at radius 2 is 2.19 bits per heavy atom. The molecule has 0 fully saturated rings. The van der Waals surface area contributed by atoms with Crippen LogP contribution in [0.15, 0.2) is 18.2 Å². The van der Waals surface area contributed by atoms with E-state index in [0.29, 0.717) is 10.8 Å². The highest BCUT2D eigenvalue weighted by atomic mass is 35.5. The summed E-state index contributed by atoms with van der Waals surface area (Å²) < 4.78 is 5.08. The van der Waals surface area contributed by atoms with E-state index in [2.05, 4.69) is 5.32 Å². The number of aliphatic hydroxyl groups is 1. The van der Waals surface area contributed by atoms with E-state index in [1.54, 1.807) is 7.11 Å². The third kappa shape index (κ3) is 4.39. The van der Waals surface area contributed by atoms with Crippen LogP contribution < -0.4 is 10.1 Å². The van der Waals surface area contributed by atoms with Gasteiger partial charge in [0.05, 0.1) is 12.1 Å². The molecule has 16 heavy (non-hydrogen) atoms. The zero-order valence-corrected chi connectivity index (χ0v) is 10.3. The fourth-order valence-electron chi connectivity index (χ4n) is 1.43. The van der Waals surface area contributed by atoms with E-state index in [4.69, 9.17) is 21.4 Å². The van der Waals surface area contributed by atoms with Gasteiger partial charge in [-0.2, -0.15) is 0 Å². The summed E-state index contributed by atoms with van der Waals surface area (Å²) in [5.41, 5.74) is 1.18. The summed E-state index contributed by atoms with van der Waals surface area (Å²) in [4.78, 5) is 0. The highest BCUT2D eigenvalue weighted by Crippen LogP contribution is 2.24. The second kappa shape index (κ2) is 7.49. The lowest BCUT2D eigenvalue weighted by Crippen LogP contribution is -2.19. The summed E-state index contributed by atoms with van der Waals surface area (Å²) in [6.45, 7) is 1.98. The molecule has 3 nitrogen and oxygen atoms in total. The molecular formula is C12H18ClNO2. The molecule has 90 valence electrons. The topological polar surface area (TPSA) is 41.5 Å². The number of halogens is 1. The number of hydrogen-bond acceptors (Lipinski definition) is 3. The predicted octanol–water partition coefficient (Wildman–Crippen LogP) is 1.86. The van der Waals surface area contributed by atoms with Crippen molar-refractivity contribution in [3.63, 3.8) is 0 Å². The molecule has 0 bridgehead atoms. The molecule has 1 rings (SSSR count). The average molecular weight is 244 g/mol. The van der Waals surface area contributed by atoms with Gasteiger partial charge in [0.2, 0.25) is 0 Å². The van der Waals surface area contributed by atoms with Crippen LogP contribution in [0, 0.1) is 0 Å². The molecule has 0 amide bonds. The lowest BCUT2D eigenvalue weighted by molar-refractivity contribution is 0.286. The minimum atomic E-state index is 0.237. The molecule has 1 aromatic rings. The fourth-order valence-corrected chi connectivity index (χ4v) is 1.71. The number of ether oxygens (including phenoxy) is 1. The molecule has 0 aliphatic rings. The van der Waals surface area contributed by atoms with Crippen molar-refractivity contribution >= 4 is 11.6 Å². The summed E-state index contributed by atoms with van der Waals surface area (Å²) >= 11 is 6.01. The Hall–Kier alpha value is -0.770. The van der Waals surface area contributed by atoms with Crippen LogP contribution in [0.2, 0.25) is 5.02 Å². The van der Waals surface area contributed by atoms with Gasteiger partial charge in [0, 0.05) is 6.61 Å². The first-order chi connectivity index (χ1) is 7.77. The van der Waals surface area contributed by atoms with Crippen molar-refractivity contribution in [1.82, 2.24) is 5.32 Å². The molecule has 0 atom stereocenters. The number of rotatable bonds is 7. The molecule has 0 spiro atoms. The van der Waals surface area contributed by atoms with Crippen molar-refractivity contribution in [1.29, 1.82) is 0 Å². The maximum atomic E-state index is 8.61. The van der Waals surface area contributed by atoms with Gasteiger partial charge >= 0.3 is 0 Å². The Balaban J connectivity index is 2.34. The van der Waals surface area contributed by atoms with E-state index in [0.717, 1.165) is 25.9 Å². The van der Waals surface area contributed by atoms with Crippen LogP contribution in [0.25, 0.3) is 0 Å². The van der Waals surface area contributed by atoms with Crippen LogP contribution in [0.1, 0.15) is 12.0 Å². The van der Waals surface area contributed by atoms with Crippen molar-refractivity contribution in [2.45, 2.75) is 12.8 Å². The largest absolute Gasteiger partial charge is 0.495 e. The maximum absolute atomic E-state index is 8.61. The lowest BCUT2D eigenvalue weighted by atomic mass is 10.1. The van der Waals surface area contributed by atoms with E-state index in [1.165, 1.54) is 5.56 Å². The van der Waals surface area contributed by atoms with E-state index < -0.39 is 0 Å². The molecule has 0 aliphatic heterocycles. The van der Waals surface area contributed by atoms with Crippen LogP contribution in [0.5, 0.6) is 5.75 Å². The summed E-state index contributed by atoms with van der Waals surface area (Å²) in [7, 11) is 1.61. The van der Waals surface area contributed by atoms with Crippen LogP contribution in [-0.2, 0) is 6.42 Å². The van der Waals surface area contributed by atoms with E-state index in [-0.39, 0.29) is 6.61 Å². The molecule has 0 aromatic heterocycles. The van der Waals surface area contributed by atoms with Crippen molar-refractivity contribution in [3.8, 4) is 5.75 Å². The summed E-state index contributed by atoms with van der Waals surface area (Å²) in [6, 6.07) is 5.82. The first-order valence-electron chi connectivity index (χ1n) is 5.42. The van der Waals surface area contributed by atoms with Crippen molar-refractivity contribution < 1.29 is 9.84 Å². The van der Waals surface area contributed by atoms with Crippen LogP contribution in [0.3, 0.4) is 0 Å². The third-order valence-electron chi connectivity index (χ3n) is 2.32. The van der Waals surface area contributed by atoms with Crippen molar-refractivity contribution in [2.24, 2.45) is 0 Å². The Morgan fingerprint density at radius 3 is 2.81 bits per heavy atom. The number of methoxy groups -OCH3 is 1. The summed E-state index contributed by atoms with van der Waals surface area (Å²) in [5, 5.41) is 12.5. The standard InChI is InChI=1S/C12H18ClNO2/c1-16-12-4-3-10(9-11(12)13)5-7-14-6-2-8-15/h3-4,9,14-15H,2,5-8H2,1H3. The SMILES string of the molecule is COc1ccc(CCNCCCO)cc1Cl. The Bertz CT molecular complexity index is 318. The maximum Gasteiger partial charge on any atom is 0.137 e. The third-order valence-corrected chi connectivity index (χ3v) is 2.61. The average Bonchev–Trinajstić information content (AvgIpc) is 2.29. The van der Waals surface area contributed by atoms with Gasteiger partial charge in [0.1, 0.15) is 5.75 Å². The molecule has 0 aliphatic carbocycles. The second-order valence-electron chi connectivity index (χ2n) is 3.55. The normalized spacial score (nSPS) is 10.4. The summed E-state index contributed by atoms with van der Waals surface area (Å²) in [6.07, 6.45) is 1.72.